The van der Waals surface area contributed by atoms with E-state index < -0.39 is 24.4 Å². The van der Waals surface area contributed by atoms with Gasteiger partial charge in [0.05, 0.1) is 123 Å². The molecule has 0 spiro atoms. The minimum atomic E-state index is -0.730. The van der Waals surface area contributed by atoms with Crippen molar-refractivity contribution in [3.63, 3.8) is 0 Å². The van der Waals surface area contributed by atoms with Crippen LogP contribution in [0.5, 0.6) is 0 Å². The third kappa shape index (κ3) is 17.9. The van der Waals surface area contributed by atoms with Crippen LogP contribution < -0.4 is 47.9 Å². The number of pyridine rings is 3. The first-order chi connectivity index (χ1) is 65.4. The van der Waals surface area contributed by atoms with Gasteiger partial charge < -0.3 is 100 Å². The van der Waals surface area contributed by atoms with Crippen LogP contribution in [0.25, 0.3) is 101 Å². The van der Waals surface area contributed by atoms with Crippen LogP contribution in [0.15, 0.2) is 152 Å². The molecule has 0 radical (unpaired) electrons. The Morgan fingerprint density at radius 1 is 0.455 bits per heavy atom. The van der Waals surface area contributed by atoms with Crippen molar-refractivity contribution in [2.75, 3.05) is 128 Å². The molecule has 41 nitrogen and oxygen atoms in total. The van der Waals surface area contributed by atoms with Crippen molar-refractivity contribution < 1.29 is 53.1 Å². The molecule has 3 aliphatic carbocycles. The number of nitrogens with zero attached hydrogens (tertiary/aromatic N) is 21. The van der Waals surface area contributed by atoms with Crippen LogP contribution in [0.3, 0.4) is 0 Å². The predicted molar refractivity (Wildman–Crippen MR) is 504 cm³/mol. The molecule has 8 atom stereocenters. The number of ether oxygens (including phenoxy) is 3. The van der Waals surface area contributed by atoms with Gasteiger partial charge in [-0.15, -0.1) is 0 Å². The number of piperidine rings is 1. The van der Waals surface area contributed by atoms with Gasteiger partial charge in [0.25, 0.3) is 23.6 Å². The number of methoxy groups -OCH3 is 1. The van der Waals surface area contributed by atoms with E-state index in [2.05, 4.69) is 155 Å². The van der Waals surface area contributed by atoms with E-state index in [9.17, 15) is 34.5 Å². The molecule has 6 fully saturated rings. The van der Waals surface area contributed by atoms with Crippen LogP contribution in [-0.2, 0) is 27.3 Å². The van der Waals surface area contributed by atoms with Crippen LogP contribution >= 0.6 is 0 Å². The summed E-state index contributed by atoms with van der Waals surface area (Å²) in [5, 5.41) is 77.6. The zero-order valence-corrected chi connectivity index (χ0v) is 75.4. The number of oxazole rings is 1. The van der Waals surface area contributed by atoms with E-state index in [-0.39, 0.29) is 67.1 Å². The Kier molecular flexibility index (Phi) is 25.9. The summed E-state index contributed by atoms with van der Waals surface area (Å²) in [5.74, 6) is 2.23. The highest BCUT2D eigenvalue weighted by atomic mass is 16.5. The molecule has 3 saturated heterocycles. The highest BCUT2D eigenvalue weighted by Crippen LogP contribution is 2.38. The van der Waals surface area contributed by atoms with Gasteiger partial charge in [-0.2, -0.15) is 38.5 Å². The van der Waals surface area contributed by atoms with Crippen molar-refractivity contribution in [2.24, 2.45) is 0 Å². The van der Waals surface area contributed by atoms with E-state index in [0.717, 1.165) is 170 Å². The summed E-state index contributed by atoms with van der Waals surface area (Å²) < 4.78 is 34.5. The predicted octanol–water partition coefficient (Wildman–Crippen LogP) is 8.32. The first-order valence-corrected chi connectivity index (χ1v) is 45.5. The molecule has 3 aliphatic heterocycles. The number of aliphatic hydroxyl groups is 3. The Morgan fingerprint density at radius 3 is 1.34 bits per heavy atom. The quantitative estimate of drug-likeness (QED) is 0.0256. The number of para-hydroxylation sites is 1. The van der Waals surface area contributed by atoms with Crippen molar-refractivity contribution in [3.8, 4) is 33.8 Å². The molecule has 15 aromatic heterocycles. The van der Waals surface area contributed by atoms with E-state index in [0.29, 0.717) is 91.9 Å². The number of benzene rings is 1. The average molecular weight is 1820 g/mol. The van der Waals surface area contributed by atoms with Gasteiger partial charge >= 0.3 is 0 Å². The summed E-state index contributed by atoms with van der Waals surface area (Å²) in [7, 11) is 8.91. The second-order valence-corrected chi connectivity index (χ2v) is 34.5. The smallest absolute Gasteiger partial charge is 0.257 e. The van der Waals surface area contributed by atoms with Gasteiger partial charge in [-0.05, 0) is 127 Å². The third-order valence-electron chi connectivity index (χ3n) is 25.9. The van der Waals surface area contributed by atoms with Crippen LogP contribution in [0.4, 0.5) is 34.8 Å². The van der Waals surface area contributed by atoms with Crippen LogP contribution in [0.2, 0.25) is 0 Å². The maximum absolute atomic E-state index is 13.2. The van der Waals surface area contributed by atoms with Gasteiger partial charge in [0.1, 0.15) is 73.8 Å². The SMILES string of the molecule is CNc1cc(-c2cn(C(C)C)c3ncccc23)nc2c(C(=O)N[C@@H]3COC[C@@H]3O)cnn12.CNc1cc(-c2cn(CCN3CCCCC3)c3ncccc23)nc2c(C(=O)N[C@@H]3CC[C@H]3O)cnn12.CNc1cc(-c2cn(CCN3CCOCC3)c3ncccc23)nc2c(C(=O)N[C@H]3CC[C@@H]3OC)cnn12.CNc1cc(Nc2cccc3ocnc23)nc2c(C(=O)N[C@@H]3CC[C@H]3O)cnn12. The highest BCUT2D eigenvalue weighted by molar-refractivity contribution is 6.05. The lowest BCUT2D eigenvalue weighted by Crippen LogP contribution is -2.51. The van der Waals surface area contributed by atoms with E-state index in [1.54, 1.807) is 57.7 Å². The number of carbonyl (C=O) groups is 4. The average Bonchev–Trinajstić information content (AvgIpc) is 1.61. The fourth-order valence-corrected chi connectivity index (χ4v) is 17.9. The second kappa shape index (κ2) is 38.9. The molecule has 696 valence electrons. The molecular formula is C93H108N30O11. The van der Waals surface area contributed by atoms with Crippen LogP contribution in [-0.4, -0.2) is 290 Å². The Bertz CT molecular complexity index is 6990. The zero-order chi connectivity index (χ0) is 92.4. The van der Waals surface area contributed by atoms with Gasteiger partial charge in [-0.25, -0.2) is 39.9 Å². The first-order valence-electron chi connectivity index (χ1n) is 45.5. The fourth-order valence-electron chi connectivity index (χ4n) is 17.9. The Balaban J connectivity index is 0.000000115. The Hall–Kier alpha value is -14.2. The maximum Gasteiger partial charge on any atom is 0.257 e. The monoisotopic (exact) mass is 1820 g/mol. The molecule has 0 bridgehead atoms. The Morgan fingerprint density at radius 2 is 0.903 bits per heavy atom. The zero-order valence-electron chi connectivity index (χ0n) is 75.4. The normalized spacial score (nSPS) is 19.6. The minimum Gasteiger partial charge on any atom is -0.443 e. The summed E-state index contributed by atoms with van der Waals surface area (Å²) in [4.78, 5) is 94.2. The van der Waals surface area contributed by atoms with Crippen LogP contribution in [0, 0.1) is 0 Å². The number of morpholine rings is 1. The van der Waals surface area contributed by atoms with Crippen molar-refractivity contribution in [1.29, 1.82) is 0 Å². The largest absolute Gasteiger partial charge is 0.443 e. The van der Waals surface area contributed by atoms with Gasteiger partial charge in [-0.3, -0.25) is 24.1 Å². The summed E-state index contributed by atoms with van der Waals surface area (Å²) in [6, 6.07) is 24.4. The van der Waals surface area contributed by atoms with Crippen molar-refractivity contribution >= 4 is 125 Å². The number of carbonyl (C=O) groups excluding carboxylic acids is 4. The highest BCUT2D eigenvalue weighted by Gasteiger charge is 2.37. The van der Waals surface area contributed by atoms with Crippen molar-refractivity contribution in [3.05, 3.63) is 169 Å². The van der Waals surface area contributed by atoms with Gasteiger partial charge in [0.15, 0.2) is 34.6 Å². The molecule has 0 unspecified atom stereocenters. The number of amides is 4. The number of aliphatic hydroxyl groups excluding tert-OH is 3. The van der Waals surface area contributed by atoms with E-state index >= 15 is 0 Å². The molecule has 134 heavy (non-hydrogen) atoms. The molecular weight excluding hydrogens is 1710 g/mol. The molecule has 6 aliphatic rings. The molecule has 1 aromatic carbocycles. The number of anilines is 6. The number of aromatic nitrogens is 19. The van der Waals surface area contributed by atoms with E-state index in [1.807, 2.05) is 93.3 Å². The molecule has 18 heterocycles. The molecule has 3 saturated carbocycles. The summed E-state index contributed by atoms with van der Waals surface area (Å²) in [5.41, 5.74) is 13.2. The van der Waals surface area contributed by atoms with Gasteiger partial charge in [-0.1, -0.05) is 12.5 Å². The lowest BCUT2D eigenvalue weighted by Gasteiger charge is -2.35. The number of nitrogens with one attached hydrogen (secondary N) is 9. The minimum absolute atomic E-state index is 0.00918. The molecule has 12 N–H and O–H groups in total. The summed E-state index contributed by atoms with van der Waals surface area (Å²) >= 11 is 0. The fraction of sp³-hybridized carbons (Fsp3) is 0.398. The van der Waals surface area contributed by atoms with E-state index in [4.69, 9.17) is 33.6 Å². The number of hydrogen-bond donors (Lipinski definition) is 12. The summed E-state index contributed by atoms with van der Waals surface area (Å²) in [6.07, 6.45) is 26.2. The van der Waals surface area contributed by atoms with Crippen molar-refractivity contribution in [1.82, 2.24) is 123 Å². The first kappa shape index (κ1) is 89.0. The molecule has 4 amide bonds. The Labute approximate surface area is 767 Å². The number of fused-ring (bicyclic) bond motifs is 8. The van der Waals surface area contributed by atoms with Crippen molar-refractivity contribution in [2.45, 2.75) is 139 Å². The lowest BCUT2D eigenvalue weighted by atomic mass is 9.89. The van der Waals surface area contributed by atoms with E-state index in [1.165, 1.54) is 44.2 Å². The third-order valence-corrected chi connectivity index (χ3v) is 25.9. The van der Waals surface area contributed by atoms with Gasteiger partial charge in [0, 0.05) is 175 Å². The number of hydrogen-bond acceptors (Lipinski definition) is 30. The molecule has 22 rings (SSSR count). The molecule has 41 heteroatoms. The standard InChI is InChI=1S/C26H32N8O3.C26H32N8O2.C22H25N7O3.C19H19N7O3/c1-27-23-14-21(30-25-18(15-29-34(23)25)26(35)31-20-5-6-22(20)36-2)19-16-33(24-17(19)4-3-7-28-24)9-8-32-10-12-37-13-11-32;1-27-23-14-21(30-25-18(15-29-34(23)25)26(36)31-20-7-8-22(20)35)19-16-33(24-17(19)6-5-9-28-24)13-12-32-10-3-2-4-11-32;1-12(2)28-9-15(13-5-4-6-24-20(13)28)16-7-19(23-3)29-21(26-16)14(8-25-29)22(31)27-17-10-32-11-18(17)30;1-20-16-7-15(23-12-3-2-4-14-17(12)21-9-29-14)25-18-10(8-22-26(16)18)19(28)24-11-5-6-13(11)27/h3-4,7,14-16,20,22,27H,5-6,8-13H2,1-2H3,(H,31,35);5-6,9,14-16,20,22,27,35H,2-4,7-8,10-13H2,1H3,(H,31,36);4-9,12,17-18,23,30H,10-11H2,1-3H3,(H,27,31);2-4,7-9,11,13,20,27H,5-6H2,1H3,(H,23,25)(H,24,28)/t2*20-,22-;17-,18+;11-,13-/m0111/s1. The summed E-state index contributed by atoms with van der Waals surface area (Å²) in [6.45, 7) is 14.1. The maximum atomic E-state index is 13.2. The second-order valence-electron chi connectivity index (χ2n) is 34.5. The topological polar surface area (TPSA) is 472 Å². The number of rotatable bonds is 25. The number of likely N-dealkylation sites (tertiary alicyclic amines) is 1. The lowest BCUT2D eigenvalue weighted by molar-refractivity contribution is 0.00732. The van der Waals surface area contributed by atoms with Gasteiger partial charge in [0.2, 0.25) is 0 Å². The molecule has 16 aromatic rings. The van der Waals surface area contributed by atoms with Crippen LogP contribution in [0.1, 0.15) is 119 Å².